The molecule has 0 saturated carbocycles. The molecule has 0 bridgehead atoms. The van der Waals surface area contributed by atoms with Gasteiger partial charge < -0.3 is 26.1 Å². The van der Waals surface area contributed by atoms with Crippen LogP contribution in [0.15, 0.2) is 0 Å². The summed E-state index contributed by atoms with van der Waals surface area (Å²) in [4.78, 5) is 21.5. The predicted octanol–water partition coefficient (Wildman–Crippen LogP) is -2.24. The number of amides is 1. The van der Waals surface area contributed by atoms with Crippen molar-refractivity contribution in [1.29, 1.82) is 0 Å². The number of nitrogens with one attached hydrogen (secondary N) is 1. The van der Waals surface area contributed by atoms with Crippen LogP contribution in [0.5, 0.6) is 0 Å². The predicted molar refractivity (Wildman–Crippen MR) is 49.3 cm³/mol. The average Bonchev–Trinajstić information content (AvgIpc) is 2.10. The molecule has 0 fully saturated rings. The Bertz CT molecular complexity index is 247. The van der Waals surface area contributed by atoms with Gasteiger partial charge in [-0.2, -0.15) is 0 Å². The molecule has 0 heterocycles. The summed E-state index contributed by atoms with van der Waals surface area (Å²) in [6.45, 7) is 2.49. The van der Waals surface area contributed by atoms with E-state index in [0.29, 0.717) is 0 Å². The number of aldehydes is 1. The molecule has 0 aliphatic carbocycles. The van der Waals surface area contributed by atoms with E-state index in [-0.39, 0.29) is 0 Å². The third-order valence-electron chi connectivity index (χ3n) is 1.78. The zero-order chi connectivity index (χ0) is 12.2. The van der Waals surface area contributed by atoms with Crippen molar-refractivity contribution in [3.63, 3.8) is 0 Å². The van der Waals surface area contributed by atoms with Gasteiger partial charge in [0, 0.05) is 6.92 Å². The first-order valence-corrected chi connectivity index (χ1v) is 4.16. The fourth-order valence-corrected chi connectivity index (χ4v) is 0.911. The van der Waals surface area contributed by atoms with Crippen molar-refractivity contribution in [3.05, 3.63) is 0 Å². The van der Waals surface area contributed by atoms with E-state index in [1.54, 1.807) is 0 Å². The Morgan fingerprint density at radius 2 is 2.14 bits per heavy atom. The van der Waals surface area contributed by atoms with Crippen LogP contribution in [0.4, 0.5) is 0 Å². The van der Waals surface area contributed by atoms with Crippen molar-refractivity contribution < 1.29 is 21.2 Å². The Morgan fingerprint density at radius 1 is 1.64 bits per heavy atom. The molecule has 6 heteroatoms. The Morgan fingerprint density at radius 3 is 2.43 bits per heavy atom. The summed E-state index contributed by atoms with van der Waals surface area (Å²) in [7, 11) is 0. The highest BCUT2D eigenvalue weighted by atomic mass is 16.3. The van der Waals surface area contributed by atoms with E-state index in [0.717, 1.165) is 6.92 Å². The molecule has 0 saturated heterocycles. The van der Waals surface area contributed by atoms with Gasteiger partial charge in [-0.05, 0) is 6.92 Å². The van der Waals surface area contributed by atoms with E-state index in [9.17, 15) is 14.7 Å². The number of rotatable bonds is 5. The van der Waals surface area contributed by atoms with E-state index in [1.807, 2.05) is 0 Å². The van der Waals surface area contributed by atoms with Gasteiger partial charge in [0.2, 0.25) is 5.91 Å². The number of aliphatic hydroxyl groups is 2. The molecular weight excluding hydrogens is 188 g/mol. The first-order chi connectivity index (χ1) is 6.77. The summed E-state index contributed by atoms with van der Waals surface area (Å²) in [5.41, 5.74) is 5.39. The zero-order valence-electron chi connectivity index (χ0n) is 9.10. The first-order valence-electron chi connectivity index (χ1n) is 4.66. The molecule has 0 aromatic heterocycles. The lowest BCUT2D eigenvalue weighted by atomic mass is 10.0. The summed E-state index contributed by atoms with van der Waals surface area (Å²) in [6, 6.07) is -2.51. The second kappa shape index (κ2) is 5.69. The molecule has 0 aromatic rings. The van der Waals surface area contributed by atoms with Gasteiger partial charge in [0.25, 0.3) is 0 Å². The average molecular weight is 205 g/mol. The SMILES string of the molecule is [2H]C(=O)[C@H](NC(C)=O)[C@@H](O)[C@@H](N)[C@@H](C)O. The maximum atomic E-state index is 10.8. The normalized spacial score (nSPS) is 20.2. The Kier molecular flexibility index (Phi) is 4.51. The summed E-state index contributed by atoms with van der Waals surface area (Å²) in [6.07, 6.45) is -3.69. The smallest absolute Gasteiger partial charge is 0.217 e. The highest BCUT2D eigenvalue weighted by Crippen LogP contribution is 2.00. The highest BCUT2D eigenvalue weighted by molar-refractivity contribution is 5.77. The summed E-state index contributed by atoms with van der Waals surface area (Å²) >= 11 is 0. The van der Waals surface area contributed by atoms with Crippen LogP contribution in [0.1, 0.15) is 15.2 Å². The monoisotopic (exact) mass is 205 g/mol. The second-order valence-corrected chi connectivity index (χ2v) is 3.10. The molecule has 0 aromatic carbocycles. The third kappa shape index (κ3) is 3.82. The maximum absolute atomic E-state index is 10.8. The van der Waals surface area contributed by atoms with Gasteiger partial charge in [-0.3, -0.25) is 4.79 Å². The van der Waals surface area contributed by atoms with Crippen LogP contribution in [0.2, 0.25) is 0 Å². The number of carbonyl (C=O) groups is 2. The molecule has 0 aliphatic heterocycles. The van der Waals surface area contributed by atoms with Crippen molar-refractivity contribution in [2.45, 2.75) is 38.1 Å². The molecule has 0 spiro atoms. The van der Waals surface area contributed by atoms with Crippen LogP contribution in [-0.4, -0.2) is 46.7 Å². The molecule has 14 heavy (non-hydrogen) atoms. The van der Waals surface area contributed by atoms with Crippen molar-refractivity contribution in [2.24, 2.45) is 5.73 Å². The standard InChI is InChI=1S/C8H16N2O4/c1-4(12)7(9)8(14)6(3-11)10-5(2)13/h3-4,6-8,12,14H,9H2,1-2H3,(H,10,13)/t4-,6+,7+,8-/m1/s1/i3D. The molecular formula is C8H16N2O4. The van der Waals surface area contributed by atoms with Crippen LogP contribution in [-0.2, 0) is 9.59 Å². The van der Waals surface area contributed by atoms with Gasteiger partial charge in [-0.1, -0.05) is 0 Å². The molecule has 0 aliphatic rings. The molecule has 1 amide bonds. The van der Waals surface area contributed by atoms with Crippen LogP contribution in [0, 0.1) is 0 Å². The number of hydrogen-bond donors (Lipinski definition) is 4. The van der Waals surface area contributed by atoms with E-state index in [4.69, 9.17) is 12.2 Å². The lowest BCUT2D eigenvalue weighted by molar-refractivity contribution is -0.124. The van der Waals surface area contributed by atoms with Crippen LogP contribution in [0.25, 0.3) is 0 Å². The lowest BCUT2D eigenvalue weighted by Gasteiger charge is -2.25. The minimum absolute atomic E-state index is 0.558. The second-order valence-electron chi connectivity index (χ2n) is 3.10. The van der Waals surface area contributed by atoms with Gasteiger partial charge in [-0.25, -0.2) is 0 Å². The summed E-state index contributed by atoms with van der Waals surface area (Å²) in [5.74, 6) is -0.558. The molecule has 4 atom stereocenters. The quantitative estimate of drug-likeness (QED) is 0.379. The zero-order valence-corrected chi connectivity index (χ0v) is 8.10. The van der Waals surface area contributed by atoms with Gasteiger partial charge >= 0.3 is 0 Å². The van der Waals surface area contributed by atoms with E-state index < -0.39 is 36.5 Å². The maximum Gasteiger partial charge on any atom is 0.217 e. The van der Waals surface area contributed by atoms with Crippen molar-refractivity contribution in [1.82, 2.24) is 5.32 Å². The van der Waals surface area contributed by atoms with E-state index in [2.05, 4.69) is 5.32 Å². The number of nitrogens with two attached hydrogens (primary N) is 1. The van der Waals surface area contributed by atoms with Crippen molar-refractivity contribution in [3.8, 4) is 0 Å². The molecule has 6 nitrogen and oxygen atoms in total. The summed E-state index contributed by atoms with van der Waals surface area (Å²) in [5, 5.41) is 20.7. The van der Waals surface area contributed by atoms with E-state index in [1.165, 1.54) is 6.92 Å². The molecule has 5 N–H and O–H groups in total. The van der Waals surface area contributed by atoms with Gasteiger partial charge in [0.05, 0.1) is 18.2 Å². The van der Waals surface area contributed by atoms with Crippen LogP contribution >= 0.6 is 0 Å². The fourth-order valence-electron chi connectivity index (χ4n) is 0.911. The first kappa shape index (κ1) is 11.1. The third-order valence-corrected chi connectivity index (χ3v) is 1.78. The van der Waals surface area contributed by atoms with Crippen molar-refractivity contribution in [2.75, 3.05) is 0 Å². The number of aliphatic hydroxyl groups excluding tert-OH is 2. The Labute approximate surface area is 83.5 Å². The molecule has 82 valence electrons. The molecule has 0 rings (SSSR count). The molecule has 0 unspecified atom stereocenters. The molecule has 0 radical (unpaired) electrons. The van der Waals surface area contributed by atoms with Gasteiger partial charge in [0.15, 0.2) is 0 Å². The lowest BCUT2D eigenvalue weighted by Crippen LogP contribution is -2.55. The van der Waals surface area contributed by atoms with Gasteiger partial charge in [0.1, 0.15) is 13.7 Å². The number of hydrogen-bond acceptors (Lipinski definition) is 5. The number of carbonyl (C=O) groups excluding carboxylic acids is 2. The Hall–Kier alpha value is -0.980. The summed E-state index contributed by atoms with van der Waals surface area (Å²) < 4.78 is 6.84. The highest BCUT2D eigenvalue weighted by Gasteiger charge is 2.28. The van der Waals surface area contributed by atoms with Crippen LogP contribution in [0.3, 0.4) is 0 Å². The Balaban J connectivity index is 4.62. The van der Waals surface area contributed by atoms with Crippen LogP contribution < -0.4 is 11.1 Å². The van der Waals surface area contributed by atoms with Gasteiger partial charge in [-0.15, -0.1) is 0 Å². The minimum Gasteiger partial charge on any atom is -0.392 e. The topological polar surface area (TPSA) is 113 Å². The largest absolute Gasteiger partial charge is 0.392 e. The minimum atomic E-state index is -1.49. The van der Waals surface area contributed by atoms with Crippen molar-refractivity contribution >= 4 is 12.2 Å². The fraction of sp³-hybridized carbons (Fsp3) is 0.750. The van der Waals surface area contributed by atoms with E-state index >= 15 is 0 Å².